The van der Waals surface area contributed by atoms with Gasteiger partial charge in [-0.25, -0.2) is 0 Å². The summed E-state index contributed by atoms with van der Waals surface area (Å²) in [5, 5.41) is 8.43. The number of nitrogens with two attached hydrogens (primary N) is 2. The molecular formula is C43H34N4. The van der Waals surface area contributed by atoms with Gasteiger partial charge in [-0.1, -0.05) is 103 Å². The lowest BCUT2D eigenvalue weighted by atomic mass is 9.90. The summed E-state index contributed by atoms with van der Waals surface area (Å²) in [6.45, 7) is 2.02. The molecule has 0 spiro atoms. The first-order chi connectivity index (χ1) is 23.1. The van der Waals surface area contributed by atoms with E-state index in [1.54, 1.807) is 0 Å². The van der Waals surface area contributed by atoms with E-state index < -0.39 is 0 Å². The lowest BCUT2D eigenvalue weighted by Gasteiger charge is -2.15. The minimum Gasteiger partial charge on any atom is -0.398 e. The molecule has 8 rings (SSSR count). The van der Waals surface area contributed by atoms with Crippen LogP contribution in [-0.2, 0) is 6.42 Å². The summed E-state index contributed by atoms with van der Waals surface area (Å²) in [5.74, 6) is 0. The second-order valence-corrected chi connectivity index (χ2v) is 12.0. The van der Waals surface area contributed by atoms with Crippen molar-refractivity contribution >= 4 is 66.3 Å². The average Bonchev–Trinajstić information content (AvgIpc) is 3.40. The molecule has 0 saturated carbocycles. The molecule has 6 aromatic carbocycles. The third-order valence-electron chi connectivity index (χ3n) is 9.12. The minimum absolute atomic E-state index is 0.672. The molecular weight excluding hydrogens is 573 g/mol. The molecule has 2 aromatic heterocycles. The van der Waals surface area contributed by atoms with Gasteiger partial charge in [-0.2, -0.15) is 0 Å². The second kappa shape index (κ2) is 11.7. The number of nitrogens with zero attached hydrogens (tertiary/aromatic N) is 2. The Morgan fingerprint density at radius 3 is 2.30 bits per heavy atom. The molecule has 0 aliphatic carbocycles. The van der Waals surface area contributed by atoms with Crippen LogP contribution in [0.4, 0.5) is 5.69 Å². The van der Waals surface area contributed by atoms with Gasteiger partial charge in [0.1, 0.15) is 0 Å². The van der Waals surface area contributed by atoms with Gasteiger partial charge in [0.05, 0.1) is 16.9 Å². The summed E-state index contributed by atoms with van der Waals surface area (Å²) in [4.78, 5) is 4.58. The SMILES string of the molecule is C/C=C\c1c(N)c2ccccc2n1-c1cccc(C(/C=C(\N)c2ccc3ccc4cccc5ccc2c3c45)=C/Cc2ccccn2)c1. The summed E-state index contributed by atoms with van der Waals surface area (Å²) in [6.07, 6.45) is 11.0. The molecule has 4 heteroatoms. The highest BCUT2D eigenvalue weighted by molar-refractivity contribution is 6.24. The minimum atomic E-state index is 0.672. The lowest BCUT2D eigenvalue weighted by molar-refractivity contribution is 1.10. The summed E-state index contributed by atoms with van der Waals surface area (Å²) in [7, 11) is 0. The van der Waals surface area contributed by atoms with Crippen molar-refractivity contribution < 1.29 is 0 Å². The fourth-order valence-electron chi connectivity index (χ4n) is 6.94. The Morgan fingerprint density at radius 2 is 1.49 bits per heavy atom. The Bertz CT molecular complexity index is 2500. The van der Waals surface area contributed by atoms with Gasteiger partial charge >= 0.3 is 0 Å². The number of fused-ring (bicyclic) bond motifs is 1. The standard InChI is InChI=1S/C43H34N4/c1-2-9-40-43(45)37-15-3-4-16-39(37)47(40)34-14-8-12-31(26-34)32(19-22-33-13-5-6-25-46-33)27-38(44)35-23-20-30-18-17-28-10-7-11-29-21-24-36(35)42(30)41(28)29/h2-21,23-27H,22,44-45H2,1H3/b9-2-,32-19+,38-27-. The molecule has 0 atom stereocenters. The van der Waals surface area contributed by atoms with Crippen molar-refractivity contribution in [3.05, 3.63) is 168 Å². The molecule has 4 nitrogen and oxygen atoms in total. The van der Waals surface area contributed by atoms with Crippen LogP contribution in [0.1, 0.15) is 29.4 Å². The van der Waals surface area contributed by atoms with Crippen LogP contribution >= 0.6 is 0 Å². The fraction of sp³-hybridized carbons (Fsp3) is 0.0465. The third-order valence-corrected chi connectivity index (χ3v) is 9.12. The van der Waals surface area contributed by atoms with Crippen molar-refractivity contribution in [1.29, 1.82) is 0 Å². The zero-order valence-electron chi connectivity index (χ0n) is 26.2. The second-order valence-electron chi connectivity index (χ2n) is 12.0. The lowest BCUT2D eigenvalue weighted by Crippen LogP contribution is -2.01. The smallest absolute Gasteiger partial charge is 0.0695 e. The third kappa shape index (κ3) is 4.91. The first kappa shape index (κ1) is 28.4. The average molecular weight is 607 g/mol. The number of nitrogen functional groups attached to an aromatic ring is 1. The summed E-state index contributed by atoms with van der Waals surface area (Å²) in [6, 6.07) is 42.6. The zero-order valence-corrected chi connectivity index (χ0v) is 26.2. The topological polar surface area (TPSA) is 69.9 Å². The van der Waals surface area contributed by atoms with Crippen molar-refractivity contribution in [3.63, 3.8) is 0 Å². The van der Waals surface area contributed by atoms with E-state index in [1.165, 1.54) is 26.9 Å². The van der Waals surface area contributed by atoms with Crippen molar-refractivity contribution in [3.8, 4) is 5.69 Å². The number of aromatic nitrogens is 2. The van der Waals surface area contributed by atoms with Gasteiger partial charge in [0.2, 0.25) is 0 Å². The number of allylic oxidation sites excluding steroid dienone is 4. The van der Waals surface area contributed by atoms with Crippen LogP contribution in [0.2, 0.25) is 0 Å². The van der Waals surface area contributed by atoms with E-state index in [9.17, 15) is 0 Å². The van der Waals surface area contributed by atoms with E-state index in [0.717, 1.165) is 55.8 Å². The molecule has 0 bridgehead atoms. The summed E-state index contributed by atoms with van der Waals surface area (Å²) in [5.41, 5.74) is 22.4. The van der Waals surface area contributed by atoms with E-state index in [1.807, 2.05) is 37.4 Å². The van der Waals surface area contributed by atoms with Crippen LogP contribution < -0.4 is 11.5 Å². The highest BCUT2D eigenvalue weighted by Gasteiger charge is 2.16. The van der Waals surface area contributed by atoms with E-state index in [2.05, 4.69) is 131 Å². The van der Waals surface area contributed by atoms with Gasteiger partial charge < -0.3 is 16.0 Å². The van der Waals surface area contributed by atoms with Gasteiger partial charge in [0.25, 0.3) is 0 Å². The fourth-order valence-corrected chi connectivity index (χ4v) is 6.94. The summed E-state index contributed by atoms with van der Waals surface area (Å²) >= 11 is 0. The first-order valence-electron chi connectivity index (χ1n) is 16.0. The first-order valence-corrected chi connectivity index (χ1v) is 16.0. The van der Waals surface area contributed by atoms with Crippen molar-refractivity contribution in [2.75, 3.05) is 5.73 Å². The van der Waals surface area contributed by atoms with E-state index >= 15 is 0 Å². The molecule has 226 valence electrons. The van der Waals surface area contributed by atoms with Crippen LogP contribution in [0, 0.1) is 0 Å². The number of anilines is 1. The quantitative estimate of drug-likeness (QED) is 0.140. The predicted octanol–water partition coefficient (Wildman–Crippen LogP) is 10.2. The maximum Gasteiger partial charge on any atom is 0.0695 e. The highest BCUT2D eigenvalue weighted by Crippen LogP contribution is 2.38. The van der Waals surface area contributed by atoms with Crippen LogP contribution in [0.15, 0.2) is 146 Å². The molecule has 0 aliphatic rings. The number of para-hydroxylation sites is 1. The molecule has 0 aliphatic heterocycles. The molecule has 47 heavy (non-hydrogen) atoms. The largest absolute Gasteiger partial charge is 0.398 e. The molecule has 4 N–H and O–H groups in total. The molecule has 2 heterocycles. The molecule has 8 aromatic rings. The monoisotopic (exact) mass is 606 g/mol. The van der Waals surface area contributed by atoms with Crippen molar-refractivity contribution in [1.82, 2.24) is 9.55 Å². The van der Waals surface area contributed by atoms with Crippen molar-refractivity contribution in [2.24, 2.45) is 5.73 Å². The van der Waals surface area contributed by atoms with E-state index in [4.69, 9.17) is 11.5 Å². The normalized spacial score (nSPS) is 12.8. The zero-order chi connectivity index (χ0) is 31.9. The van der Waals surface area contributed by atoms with E-state index in [0.29, 0.717) is 12.1 Å². The Labute approximate surface area is 273 Å². The van der Waals surface area contributed by atoms with Crippen LogP contribution in [0.5, 0.6) is 0 Å². The predicted molar refractivity (Wildman–Crippen MR) is 201 cm³/mol. The number of hydrogen-bond donors (Lipinski definition) is 2. The Morgan fingerprint density at radius 1 is 0.745 bits per heavy atom. The number of rotatable bonds is 7. The van der Waals surface area contributed by atoms with Gasteiger partial charge in [-0.3, -0.25) is 4.98 Å². The van der Waals surface area contributed by atoms with Crippen LogP contribution in [0.3, 0.4) is 0 Å². The van der Waals surface area contributed by atoms with Crippen LogP contribution in [0.25, 0.3) is 66.3 Å². The number of hydrogen-bond acceptors (Lipinski definition) is 3. The maximum absolute atomic E-state index is 7.06. The van der Waals surface area contributed by atoms with Gasteiger partial charge in [0, 0.05) is 40.6 Å². The van der Waals surface area contributed by atoms with Gasteiger partial charge in [0.15, 0.2) is 0 Å². The molecule has 0 amide bonds. The highest BCUT2D eigenvalue weighted by atomic mass is 15.0. The van der Waals surface area contributed by atoms with Gasteiger partial charge in [-0.15, -0.1) is 0 Å². The van der Waals surface area contributed by atoms with E-state index in [-0.39, 0.29) is 0 Å². The summed E-state index contributed by atoms with van der Waals surface area (Å²) < 4.78 is 2.23. The Balaban J connectivity index is 1.30. The van der Waals surface area contributed by atoms with Gasteiger partial charge in [-0.05, 0) is 92.9 Å². The maximum atomic E-state index is 7.06. The number of pyridine rings is 1. The Kier molecular flexibility index (Phi) is 7.03. The Hall–Kier alpha value is -6.13. The van der Waals surface area contributed by atoms with Crippen LogP contribution in [-0.4, -0.2) is 9.55 Å². The van der Waals surface area contributed by atoms with Crippen molar-refractivity contribution in [2.45, 2.75) is 13.3 Å². The molecule has 0 unspecified atom stereocenters. The molecule has 0 radical (unpaired) electrons. The molecule has 0 saturated heterocycles. The number of benzene rings is 6. The molecule has 0 fully saturated rings.